The molecule has 0 aliphatic carbocycles. The molecule has 1 N–H and O–H groups in total. The normalized spacial score (nSPS) is 12.2. The molecule has 1 heterocycles. The molecule has 0 atom stereocenters. The molecule has 134 valence electrons. The summed E-state index contributed by atoms with van der Waals surface area (Å²) in [5, 5.41) is 2.34. The number of amides is 1. The van der Waals surface area contributed by atoms with Crippen LogP contribution in [-0.2, 0) is 11.6 Å². The van der Waals surface area contributed by atoms with Crippen LogP contribution in [0.1, 0.15) is 48.0 Å². The van der Waals surface area contributed by atoms with Gasteiger partial charge in [-0.1, -0.05) is 20.8 Å². The van der Waals surface area contributed by atoms with Crippen LogP contribution in [0.15, 0.2) is 30.5 Å². The number of alkyl halides is 3. The number of aryl methyl sites for hydroxylation is 1. The summed E-state index contributed by atoms with van der Waals surface area (Å²) in [6, 6.07) is 4.58. The molecule has 0 radical (unpaired) electrons. The van der Waals surface area contributed by atoms with Gasteiger partial charge in [-0.25, -0.2) is 4.39 Å². The van der Waals surface area contributed by atoms with E-state index in [0.29, 0.717) is 6.07 Å². The highest BCUT2D eigenvalue weighted by atomic mass is 19.4. The summed E-state index contributed by atoms with van der Waals surface area (Å²) >= 11 is 0. The Labute approximate surface area is 143 Å². The van der Waals surface area contributed by atoms with E-state index in [-0.39, 0.29) is 16.7 Å². The molecule has 25 heavy (non-hydrogen) atoms. The van der Waals surface area contributed by atoms with Gasteiger partial charge in [0.15, 0.2) is 0 Å². The minimum atomic E-state index is -4.66. The number of carbonyl (C=O) groups is 1. The molecule has 7 heteroatoms. The molecule has 2 rings (SSSR count). The molecular formula is C18H18F4N2O. The SMILES string of the molecule is Cc1cc(F)c(NC(=O)c2ccnc(C(F)(F)F)c2)cc1C(C)(C)C. The number of nitrogens with one attached hydrogen (secondary N) is 1. The predicted octanol–water partition coefficient (Wildman–Crippen LogP) is 5.10. The summed E-state index contributed by atoms with van der Waals surface area (Å²) in [6.07, 6.45) is -3.77. The lowest BCUT2D eigenvalue weighted by molar-refractivity contribution is -0.141. The van der Waals surface area contributed by atoms with Crippen LogP contribution in [0.3, 0.4) is 0 Å². The summed E-state index contributed by atoms with van der Waals surface area (Å²) in [7, 11) is 0. The molecule has 0 saturated carbocycles. The van der Waals surface area contributed by atoms with E-state index in [2.05, 4.69) is 10.3 Å². The average Bonchev–Trinajstić information content (AvgIpc) is 2.48. The van der Waals surface area contributed by atoms with Crippen molar-refractivity contribution in [3.63, 3.8) is 0 Å². The van der Waals surface area contributed by atoms with E-state index >= 15 is 0 Å². The molecule has 0 spiro atoms. The Morgan fingerprint density at radius 2 is 1.76 bits per heavy atom. The van der Waals surface area contributed by atoms with Gasteiger partial charge in [0.2, 0.25) is 0 Å². The maximum Gasteiger partial charge on any atom is 0.433 e. The lowest BCUT2D eigenvalue weighted by Crippen LogP contribution is -2.18. The number of halogens is 4. The largest absolute Gasteiger partial charge is 0.433 e. The van der Waals surface area contributed by atoms with Gasteiger partial charge in [0.25, 0.3) is 5.91 Å². The van der Waals surface area contributed by atoms with Crippen molar-refractivity contribution < 1.29 is 22.4 Å². The number of pyridine rings is 1. The smallest absolute Gasteiger partial charge is 0.319 e. The number of rotatable bonds is 2. The van der Waals surface area contributed by atoms with Crippen molar-refractivity contribution in [3.8, 4) is 0 Å². The second-order valence-electron chi connectivity index (χ2n) is 6.78. The first-order chi connectivity index (χ1) is 11.4. The zero-order chi connectivity index (χ0) is 19.0. The number of anilines is 1. The Morgan fingerprint density at radius 1 is 1.12 bits per heavy atom. The maximum absolute atomic E-state index is 14.2. The number of carbonyl (C=O) groups excluding carboxylic acids is 1. The molecule has 1 amide bonds. The Morgan fingerprint density at radius 3 is 2.32 bits per heavy atom. The van der Waals surface area contributed by atoms with E-state index in [0.717, 1.165) is 23.4 Å². The van der Waals surface area contributed by atoms with Crippen LogP contribution >= 0.6 is 0 Å². The summed E-state index contributed by atoms with van der Waals surface area (Å²) in [4.78, 5) is 15.4. The summed E-state index contributed by atoms with van der Waals surface area (Å²) in [5.41, 5.74) is -0.233. The van der Waals surface area contributed by atoms with Gasteiger partial charge >= 0.3 is 6.18 Å². The molecular weight excluding hydrogens is 336 g/mol. The molecule has 0 aliphatic heterocycles. The number of hydrogen-bond acceptors (Lipinski definition) is 2. The zero-order valence-corrected chi connectivity index (χ0v) is 14.3. The van der Waals surface area contributed by atoms with Gasteiger partial charge < -0.3 is 5.32 Å². The molecule has 1 aromatic heterocycles. The third-order valence-electron chi connectivity index (χ3n) is 3.68. The van der Waals surface area contributed by atoms with Crippen LogP contribution in [0, 0.1) is 12.7 Å². The fourth-order valence-electron chi connectivity index (χ4n) is 2.50. The minimum Gasteiger partial charge on any atom is -0.319 e. The van der Waals surface area contributed by atoms with Crippen molar-refractivity contribution in [2.24, 2.45) is 0 Å². The lowest BCUT2D eigenvalue weighted by Gasteiger charge is -2.23. The van der Waals surface area contributed by atoms with E-state index in [9.17, 15) is 22.4 Å². The van der Waals surface area contributed by atoms with Gasteiger partial charge in [-0.3, -0.25) is 9.78 Å². The van der Waals surface area contributed by atoms with E-state index in [1.807, 2.05) is 20.8 Å². The van der Waals surface area contributed by atoms with E-state index in [4.69, 9.17) is 0 Å². The number of hydrogen-bond donors (Lipinski definition) is 1. The third-order valence-corrected chi connectivity index (χ3v) is 3.68. The summed E-state index contributed by atoms with van der Waals surface area (Å²) in [6.45, 7) is 7.58. The van der Waals surface area contributed by atoms with Crippen molar-refractivity contribution in [3.05, 3.63) is 58.7 Å². The van der Waals surface area contributed by atoms with Gasteiger partial charge in [-0.2, -0.15) is 13.2 Å². The van der Waals surface area contributed by atoms with Crippen molar-refractivity contribution in [2.75, 3.05) is 5.32 Å². The van der Waals surface area contributed by atoms with Gasteiger partial charge in [-0.05, 0) is 47.7 Å². The van der Waals surface area contributed by atoms with E-state index in [1.165, 1.54) is 12.1 Å². The van der Waals surface area contributed by atoms with Crippen LogP contribution in [0.4, 0.5) is 23.2 Å². The highest BCUT2D eigenvalue weighted by molar-refractivity contribution is 6.04. The van der Waals surface area contributed by atoms with Crippen molar-refractivity contribution in [1.29, 1.82) is 0 Å². The molecule has 0 fully saturated rings. The highest BCUT2D eigenvalue weighted by Gasteiger charge is 2.33. The first-order valence-corrected chi connectivity index (χ1v) is 7.55. The molecule has 2 aromatic rings. The Bertz CT molecular complexity index is 808. The standard InChI is InChI=1S/C18H18F4N2O/c1-10-7-13(19)14(9-12(10)17(2,3)4)24-16(25)11-5-6-23-15(8-11)18(20,21)22/h5-9H,1-4H3,(H,24,25). The fraction of sp³-hybridized carbons (Fsp3) is 0.333. The Balaban J connectivity index is 2.36. The molecule has 1 aromatic carbocycles. The first-order valence-electron chi connectivity index (χ1n) is 7.55. The van der Waals surface area contributed by atoms with Crippen molar-refractivity contribution in [1.82, 2.24) is 4.98 Å². The van der Waals surface area contributed by atoms with E-state index < -0.39 is 23.6 Å². The van der Waals surface area contributed by atoms with Crippen molar-refractivity contribution in [2.45, 2.75) is 39.3 Å². The number of aromatic nitrogens is 1. The summed E-state index contributed by atoms with van der Waals surface area (Å²) < 4.78 is 52.2. The van der Waals surface area contributed by atoms with Gasteiger partial charge in [0.05, 0.1) is 5.69 Å². The van der Waals surface area contributed by atoms with Crippen molar-refractivity contribution >= 4 is 11.6 Å². The van der Waals surface area contributed by atoms with Gasteiger partial charge in [0.1, 0.15) is 11.5 Å². The van der Waals surface area contributed by atoms with Crippen LogP contribution in [0.25, 0.3) is 0 Å². The molecule has 0 saturated heterocycles. The van der Waals surface area contributed by atoms with Gasteiger partial charge in [-0.15, -0.1) is 0 Å². The maximum atomic E-state index is 14.2. The molecule has 3 nitrogen and oxygen atoms in total. The van der Waals surface area contributed by atoms with Crippen LogP contribution in [-0.4, -0.2) is 10.9 Å². The predicted molar refractivity (Wildman–Crippen MR) is 87.0 cm³/mol. The molecule has 0 aliphatic rings. The average molecular weight is 354 g/mol. The topological polar surface area (TPSA) is 42.0 Å². The zero-order valence-electron chi connectivity index (χ0n) is 14.3. The number of nitrogens with zero attached hydrogens (tertiary/aromatic N) is 1. The summed E-state index contributed by atoms with van der Waals surface area (Å²) in [5.74, 6) is -1.49. The quantitative estimate of drug-likeness (QED) is 0.763. The second kappa shape index (κ2) is 6.46. The Kier molecular flexibility index (Phi) is 4.88. The van der Waals surface area contributed by atoms with E-state index in [1.54, 1.807) is 6.92 Å². The second-order valence-corrected chi connectivity index (χ2v) is 6.78. The highest BCUT2D eigenvalue weighted by Crippen LogP contribution is 2.31. The molecule has 0 unspecified atom stereocenters. The fourth-order valence-corrected chi connectivity index (χ4v) is 2.50. The monoisotopic (exact) mass is 354 g/mol. The van der Waals surface area contributed by atoms with Crippen LogP contribution < -0.4 is 5.32 Å². The number of benzene rings is 1. The third kappa shape index (κ3) is 4.35. The minimum absolute atomic E-state index is 0.0779. The first kappa shape index (κ1) is 18.9. The van der Waals surface area contributed by atoms with Gasteiger partial charge in [0, 0.05) is 11.8 Å². The molecule has 0 bridgehead atoms. The van der Waals surface area contributed by atoms with Crippen LogP contribution in [0.5, 0.6) is 0 Å². The van der Waals surface area contributed by atoms with Crippen LogP contribution in [0.2, 0.25) is 0 Å². The Hall–Kier alpha value is -2.44. The lowest BCUT2D eigenvalue weighted by atomic mass is 9.84.